The van der Waals surface area contributed by atoms with E-state index in [2.05, 4.69) is 212 Å². The smallest absolute Gasteiger partial charge is 0.0622 e. The summed E-state index contributed by atoms with van der Waals surface area (Å²) in [5.41, 5.74) is 9.68. The molecule has 0 spiro atoms. The quantitative estimate of drug-likeness (QED) is 0.0292. The van der Waals surface area contributed by atoms with Crippen LogP contribution in [0.4, 0.5) is 0 Å². The van der Waals surface area contributed by atoms with Crippen LogP contribution in [0.5, 0.6) is 0 Å². The fourth-order valence-electron chi connectivity index (χ4n) is 9.26. The third-order valence-corrected chi connectivity index (χ3v) is 17.0. The average molecular weight is 884 g/mol. The zero-order chi connectivity index (χ0) is 38.9. The largest absolute Gasteiger partial charge is 3.00 e. The van der Waals surface area contributed by atoms with Gasteiger partial charge in [0.05, 0.1) is 12.3 Å². The summed E-state index contributed by atoms with van der Waals surface area (Å²) < 4.78 is 0. The van der Waals surface area contributed by atoms with Gasteiger partial charge in [0.15, 0.2) is 5.40 Å². The van der Waals surface area contributed by atoms with Crippen LogP contribution < -0.4 is 0 Å². The molecule has 0 saturated carbocycles. The molecule has 0 saturated heterocycles. The first-order valence-electron chi connectivity index (χ1n) is 21.4. The molecule has 0 heterocycles. The molecule has 0 bridgehead atoms. The van der Waals surface area contributed by atoms with Crippen molar-refractivity contribution in [1.29, 1.82) is 0 Å². The minimum Gasteiger partial charge on any atom is -0.0622 e. The topological polar surface area (TPSA) is 0 Å². The molecule has 293 valence electrons. The second-order valence-corrected chi connectivity index (χ2v) is 19.9. The number of hydrogen-bond acceptors (Lipinski definition) is 0. The van der Waals surface area contributed by atoms with Crippen LogP contribution in [0.1, 0.15) is 95.7 Å². The van der Waals surface area contributed by atoms with Crippen LogP contribution in [0.3, 0.4) is 0 Å². The van der Waals surface area contributed by atoms with Crippen LogP contribution in [0, 0.1) is 0 Å². The molecule has 7 aromatic carbocycles. The summed E-state index contributed by atoms with van der Waals surface area (Å²) in [5, 5.41) is 0.792. The normalized spacial score (nSPS) is 12.5. The van der Waals surface area contributed by atoms with E-state index in [1.165, 1.54) is 84.2 Å². The van der Waals surface area contributed by atoms with E-state index in [4.69, 9.17) is 0 Å². The maximum atomic E-state index is 2.41. The molecule has 0 aliphatic rings. The van der Waals surface area contributed by atoms with Gasteiger partial charge in [-0.2, -0.15) is 0 Å². The van der Waals surface area contributed by atoms with Crippen molar-refractivity contribution in [1.82, 2.24) is 0 Å². The first kappa shape index (κ1) is 43.6. The summed E-state index contributed by atoms with van der Waals surface area (Å²) in [5.74, 6) is 0. The Morgan fingerprint density at radius 2 is 0.534 bits per heavy atom. The molecule has 0 nitrogen and oxygen atoms in total. The van der Waals surface area contributed by atoms with E-state index in [0.717, 1.165) is 18.2 Å². The minimum atomic E-state index is -0.143. The predicted molar refractivity (Wildman–Crippen MR) is 254 cm³/mol. The first-order valence-corrected chi connectivity index (χ1v) is 24.3. The zero-order valence-electron chi connectivity index (χ0n) is 33.9. The third-order valence-electron chi connectivity index (χ3n) is 12.1. The Morgan fingerprint density at radius 3 is 0.793 bits per heavy atom. The molecule has 2 atom stereocenters. The Morgan fingerprint density at radius 1 is 0.293 bits per heavy atom. The van der Waals surface area contributed by atoms with Gasteiger partial charge in [-0.05, 0) is 71.9 Å². The summed E-state index contributed by atoms with van der Waals surface area (Å²) in [6, 6.07) is 78.9. The molecule has 1 radical (unpaired) electrons. The molecule has 0 fully saturated rings. The molecule has 2 unspecified atom stereocenters. The second-order valence-electron chi connectivity index (χ2n) is 15.6. The summed E-state index contributed by atoms with van der Waals surface area (Å²) >= 11 is 0. The summed E-state index contributed by atoms with van der Waals surface area (Å²) in [4.78, 5) is 0. The van der Waals surface area contributed by atoms with E-state index < -0.39 is 0 Å². The van der Waals surface area contributed by atoms with Gasteiger partial charge in [-0.3, -0.25) is 0 Å². The van der Waals surface area contributed by atoms with Gasteiger partial charge >= 0.3 is 19.5 Å². The first-order chi connectivity index (χ1) is 28.3. The van der Waals surface area contributed by atoms with E-state index in [0.29, 0.717) is 17.2 Å². The van der Waals surface area contributed by atoms with Crippen molar-refractivity contribution < 1.29 is 19.5 Å². The van der Waals surface area contributed by atoms with Gasteiger partial charge in [0, 0.05) is 33.6 Å². The van der Waals surface area contributed by atoms with E-state index >= 15 is 0 Å². The molecule has 7 aromatic rings. The molecule has 3 heteroatoms. The van der Waals surface area contributed by atoms with E-state index in [1.807, 2.05) is 0 Å². The number of unbranched alkanes of at least 4 members (excludes halogenated alkanes) is 4. The van der Waals surface area contributed by atoms with Gasteiger partial charge in [-0.1, -0.05) is 225 Å². The van der Waals surface area contributed by atoms with Crippen LogP contribution in [-0.2, 0) is 30.3 Å². The van der Waals surface area contributed by atoms with Crippen molar-refractivity contribution in [3.63, 3.8) is 0 Å². The Labute approximate surface area is 365 Å². The fraction of sp³-hybridized carbons (Fsp3) is 0.236. The Hall–Kier alpha value is -3.98. The van der Waals surface area contributed by atoms with Gasteiger partial charge in [0.2, 0.25) is 0 Å². The van der Waals surface area contributed by atoms with Gasteiger partial charge in [0.1, 0.15) is 0 Å². The van der Waals surface area contributed by atoms with Crippen LogP contribution in [0.2, 0.25) is 0 Å². The second kappa shape index (κ2) is 23.0. The summed E-state index contributed by atoms with van der Waals surface area (Å²) in [6.45, 7) is 0. The molecular weight excluding hydrogens is 824 g/mol. The van der Waals surface area contributed by atoms with Crippen LogP contribution >= 0.6 is 17.2 Å². The van der Waals surface area contributed by atoms with Crippen molar-refractivity contribution in [2.45, 2.75) is 67.6 Å². The van der Waals surface area contributed by atoms with E-state index in [9.17, 15) is 0 Å². The van der Waals surface area contributed by atoms with Crippen LogP contribution in [-0.4, -0.2) is 12.3 Å². The van der Waals surface area contributed by atoms with Crippen LogP contribution in [0.15, 0.2) is 212 Å². The van der Waals surface area contributed by atoms with Crippen LogP contribution in [0.25, 0.3) is 0 Å². The van der Waals surface area contributed by atoms with Crippen molar-refractivity contribution in [2.24, 2.45) is 0 Å². The van der Waals surface area contributed by atoms with Crippen molar-refractivity contribution >= 4 is 17.2 Å². The fourth-order valence-corrected chi connectivity index (χ4v) is 13.9. The van der Waals surface area contributed by atoms with Gasteiger partial charge in [-0.25, -0.2) is 0 Å². The SMILES string of the molecule is [Ru+3].c1ccc(C([PH2+]CCCCCC(c2ccccc2)(c2ccccc2)c2ccccc2)[PH2+]CCCCCC(c2ccccc2)(c2ccccc2)c2ccccc2)cc1. The summed E-state index contributed by atoms with van der Waals surface area (Å²) in [7, 11) is 0.784. The molecule has 7 rings (SSSR count). The molecule has 0 aromatic heterocycles. The predicted octanol–water partition coefficient (Wildman–Crippen LogP) is 14.7. The molecule has 0 aliphatic carbocycles. The van der Waals surface area contributed by atoms with Gasteiger partial charge < -0.3 is 0 Å². The maximum Gasteiger partial charge on any atom is 3.00 e. The van der Waals surface area contributed by atoms with Crippen molar-refractivity contribution in [3.05, 3.63) is 251 Å². The van der Waals surface area contributed by atoms with Gasteiger partial charge in [-0.15, -0.1) is 0 Å². The van der Waals surface area contributed by atoms with E-state index in [1.54, 1.807) is 5.56 Å². The molecule has 0 amide bonds. The Kier molecular flexibility index (Phi) is 17.3. The third kappa shape index (κ3) is 10.8. The minimum absolute atomic E-state index is 0. The monoisotopic (exact) mass is 884 g/mol. The van der Waals surface area contributed by atoms with E-state index in [-0.39, 0.29) is 30.3 Å². The molecule has 0 N–H and O–H groups in total. The van der Waals surface area contributed by atoms with Crippen molar-refractivity contribution in [2.75, 3.05) is 12.3 Å². The number of benzene rings is 7. The zero-order valence-corrected chi connectivity index (χ0v) is 37.9. The average Bonchev–Trinajstić information content (AvgIpc) is 3.30. The van der Waals surface area contributed by atoms with Crippen molar-refractivity contribution in [3.8, 4) is 0 Å². The molecule has 58 heavy (non-hydrogen) atoms. The Bertz CT molecular complexity index is 1800. The Balaban J connectivity index is 0.00000567. The maximum absolute atomic E-state index is 2.41. The number of hydrogen-bond donors (Lipinski definition) is 0. The standard InChI is InChI=1S/C55H58P2.Ru/c1-10-28-46(29-11-1)53(56-44-26-8-24-42-54(47-30-12-2-13-31-47,48-32-14-3-15-33-48)49-34-16-4-17-35-49)57-45-27-9-25-43-55(50-36-18-5-19-37-50,51-38-20-6-21-39-51)52-40-22-7-23-41-52;/h1-7,10-23,28-41,53,56-57H,8-9,24-27,42-45H2;/q;+3/p+2. The summed E-state index contributed by atoms with van der Waals surface area (Å²) in [6.07, 6.45) is 12.7. The van der Waals surface area contributed by atoms with Gasteiger partial charge in [0.25, 0.3) is 0 Å². The molecule has 0 aliphatic heterocycles. The number of rotatable bonds is 21. The molecular formula is C55H60P2Ru+5.